The smallest absolute Gasteiger partial charge is 0.462 e. The fourth-order valence-corrected chi connectivity index (χ4v) is 11.6. The summed E-state index contributed by atoms with van der Waals surface area (Å²) < 4.78 is 68.0. The van der Waals surface area contributed by atoms with Crippen molar-refractivity contribution in [2.24, 2.45) is 17.8 Å². The zero-order chi connectivity index (χ0) is 63.8. The van der Waals surface area contributed by atoms with Crippen LogP contribution in [0.3, 0.4) is 0 Å². The summed E-state index contributed by atoms with van der Waals surface area (Å²) in [6, 6.07) is 0. The lowest BCUT2D eigenvalue weighted by atomic mass is 10.0. The van der Waals surface area contributed by atoms with Gasteiger partial charge in [-0.1, -0.05) is 280 Å². The van der Waals surface area contributed by atoms with Crippen molar-refractivity contribution in [3.8, 4) is 0 Å². The van der Waals surface area contributed by atoms with Crippen molar-refractivity contribution in [3.05, 3.63) is 0 Å². The highest BCUT2D eigenvalue weighted by Crippen LogP contribution is 2.45. The summed E-state index contributed by atoms with van der Waals surface area (Å²) in [7, 11) is -9.89. The van der Waals surface area contributed by atoms with Crippen molar-refractivity contribution < 1.29 is 80.2 Å². The molecule has 0 amide bonds. The summed E-state index contributed by atoms with van der Waals surface area (Å²) in [5.74, 6) is 0.0895. The van der Waals surface area contributed by atoms with E-state index in [9.17, 15) is 43.2 Å². The number of carbonyl (C=O) groups excluding carboxylic acids is 4. The number of aliphatic hydroxyl groups is 1. The molecule has 0 aromatic heterocycles. The monoisotopic (exact) mass is 1270 g/mol. The number of phosphoric ester groups is 2. The van der Waals surface area contributed by atoms with E-state index in [0.29, 0.717) is 31.6 Å². The summed E-state index contributed by atoms with van der Waals surface area (Å²) in [6.45, 7) is 11.7. The molecule has 0 saturated carbocycles. The van der Waals surface area contributed by atoms with Crippen molar-refractivity contribution in [3.63, 3.8) is 0 Å². The van der Waals surface area contributed by atoms with Crippen LogP contribution in [0.5, 0.6) is 0 Å². The highest BCUT2D eigenvalue weighted by Gasteiger charge is 2.30. The Morgan fingerprint density at radius 3 is 0.791 bits per heavy atom. The van der Waals surface area contributed by atoms with Gasteiger partial charge in [-0.05, 0) is 43.4 Å². The van der Waals surface area contributed by atoms with Gasteiger partial charge in [0.2, 0.25) is 0 Å². The SMILES string of the molecule is CCCCCCCCCC(=O)OC[C@H](COP(=O)(O)OC[C@H](O)COP(=O)(O)OC[C@@H](COC(=O)CCCCCCCCCCCCCCC(C)C)OC(=O)CCCCCCCCCCCCCCC(C)C)OC(=O)CCCCCCCCC(C)C. The Morgan fingerprint density at radius 2 is 0.535 bits per heavy atom. The molecule has 0 aliphatic carbocycles. The van der Waals surface area contributed by atoms with Crippen LogP contribution >= 0.6 is 15.6 Å². The summed E-state index contributed by atoms with van der Waals surface area (Å²) in [5, 5.41) is 10.5. The molecule has 5 atom stereocenters. The highest BCUT2D eigenvalue weighted by atomic mass is 31.2. The molecule has 510 valence electrons. The van der Waals surface area contributed by atoms with Crippen molar-refractivity contribution in [1.29, 1.82) is 0 Å². The third-order valence-corrected chi connectivity index (χ3v) is 17.3. The molecule has 17 nitrogen and oxygen atoms in total. The lowest BCUT2D eigenvalue weighted by Gasteiger charge is -2.21. The molecule has 86 heavy (non-hydrogen) atoms. The maximum atomic E-state index is 13.0. The van der Waals surface area contributed by atoms with E-state index in [1.165, 1.54) is 128 Å². The first-order valence-electron chi connectivity index (χ1n) is 34.8. The van der Waals surface area contributed by atoms with Gasteiger partial charge in [-0.3, -0.25) is 37.3 Å². The topological polar surface area (TPSA) is 237 Å². The van der Waals surface area contributed by atoms with Gasteiger partial charge in [0, 0.05) is 25.7 Å². The molecule has 19 heteroatoms. The fraction of sp³-hybridized carbons (Fsp3) is 0.940. The number of unbranched alkanes of at least 4 members (excludes halogenated alkanes) is 33. The minimum atomic E-state index is -4.95. The van der Waals surface area contributed by atoms with Crippen molar-refractivity contribution >= 4 is 39.5 Å². The summed E-state index contributed by atoms with van der Waals surface area (Å²) >= 11 is 0. The number of rotatable bonds is 65. The Morgan fingerprint density at radius 1 is 0.314 bits per heavy atom. The first kappa shape index (κ1) is 84.1. The number of ether oxygens (including phenoxy) is 4. The molecular weight excluding hydrogens is 1140 g/mol. The van der Waals surface area contributed by atoms with Crippen LogP contribution in [-0.4, -0.2) is 96.7 Å². The van der Waals surface area contributed by atoms with Crippen LogP contribution in [0.15, 0.2) is 0 Å². The minimum absolute atomic E-state index is 0.101. The number of hydrogen-bond donors (Lipinski definition) is 3. The van der Waals surface area contributed by atoms with Gasteiger partial charge < -0.3 is 33.8 Å². The maximum Gasteiger partial charge on any atom is 0.472 e. The second-order valence-electron chi connectivity index (χ2n) is 25.6. The molecule has 0 fully saturated rings. The van der Waals surface area contributed by atoms with Crippen LogP contribution in [0.25, 0.3) is 0 Å². The second kappa shape index (κ2) is 58.2. The van der Waals surface area contributed by atoms with Crippen LogP contribution in [0, 0.1) is 17.8 Å². The van der Waals surface area contributed by atoms with Gasteiger partial charge in [0.05, 0.1) is 26.4 Å². The molecular formula is C67H130O17P2. The van der Waals surface area contributed by atoms with Gasteiger partial charge in [0.15, 0.2) is 12.2 Å². The number of carbonyl (C=O) groups is 4. The van der Waals surface area contributed by atoms with Crippen molar-refractivity contribution in [2.75, 3.05) is 39.6 Å². The third kappa shape index (κ3) is 60.9. The molecule has 0 radical (unpaired) electrons. The van der Waals surface area contributed by atoms with Gasteiger partial charge in [0.1, 0.15) is 19.3 Å². The molecule has 0 saturated heterocycles. The predicted octanol–water partition coefficient (Wildman–Crippen LogP) is 18.7. The normalized spacial score (nSPS) is 14.3. The third-order valence-electron chi connectivity index (χ3n) is 15.4. The number of hydrogen-bond acceptors (Lipinski definition) is 15. The fourth-order valence-electron chi connectivity index (χ4n) is 10.0. The lowest BCUT2D eigenvalue weighted by Crippen LogP contribution is -2.30. The lowest BCUT2D eigenvalue weighted by molar-refractivity contribution is -0.161. The van der Waals surface area contributed by atoms with E-state index in [0.717, 1.165) is 115 Å². The Labute approximate surface area is 524 Å². The zero-order valence-corrected chi connectivity index (χ0v) is 57.6. The van der Waals surface area contributed by atoms with E-state index in [2.05, 4.69) is 48.5 Å². The molecule has 0 heterocycles. The zero-order valence-electron chi connectivity index (χ0n) is 55.8. The van der Waals surface area contributed by atoms with Crippen molar-refractivity contribution in [1.82, 2.24) is 0 Å². The van der Waals surface area contributed by atoms with Gasteiger partial charge >= 0.3 is 39.5 Å². The average Bonchev–Trinajstić information content (AvgIpc) is 3.66. The molecule has 0 aromatic rings. The van der Waals surface area contributed by atoms with Crippen LogP contribution in [0.2, 0.25) is 0 Å². The highest BCUT2D eigenvalue weighted by molar-refractivity contribution is 7.47. The molecule has 0 aliphatic heterocycles. The number of phosphoric acid groups is 2. The molecule has 0 spiro atoms. The molecule has 2 unspecified atom stereocenters. The standard InChI is InChI=1S/C67H130O17P2/c1-8-9-10-11-24-34-41-48-64(69)77-54-63(84-67(72)51-44-37-30-29-33-40-47-60(6)7)57-82-86(75,76)80-53-61(68)52-79-85(73,74)81-56-62(83-66(71)50-43-36-28-23-19-15-13-17-21-26-32-39-46-59(4)5)55-78-65(70)49-42-35-27-22-18-14-12-16-20-25-31-38-45-58(2)3/h58-63,68H,8-57H2,1-7H3,(H,73,74)(H,75,76)/t61-,62-,63-/m1/s1. The van der Waals surface area contributed by atoms with Crippen molar-refractivity contribution in [2.45, 2.75) is 349 Å². The Kier molecular flexibility index (Phi) is 56.9. The number of aliphatic hydroxyl groups excluding tert-OH is 1. The Hall–Kier alpha value is -1.94. The van der Waals surface area contributed by atoms with E-state index >= 15 is 0 Å². The van der Waals surface area contributed by atoms with Crippen LogP contribution < -0.4 is 0 Å². The van der Waals surface area contributed by atoms with Gasteiger partial charge in [-0.15, -0.1) is 0 Å². The van der Waals surface area contributed by atoms with Crippen LogP contribution in [0.1, 0.15) is 331 Å². The first-order chi connectivity index (χ1) is 41.2. The van der Waals surface area contributed by atoms with Crippen LogP contribution in [-0.2, 0) is 65.4 Å². The van der Waals surface area contributed by atoms with E-state index in [1.54, 1.807) is 0 Å². The predicted molar refractivity (Wildman–Crippen MR) is 344 cm³/mol. The molecule has 3 N–H and O–H groups in total. The number of esters is 4. The summed E-state index contributed by atoms with van der Waals surface area (Å²) in [4.78, 5) is 72.2. The molecule has 0 bridgehead atoms. The maximum absolute atomic E-state index is 13.0. The molecule has 0 aromatic carbocycles. The van der Waals surface area contributed by atoms with E-state index in [1.807, 2.05) is 0 Å². The van der Waals surface area contributed by atoms with E-state index < -0.39 is 97.5 Å². The van der Waals surface area contributed by atoms with Gasteiger partial charge in [0.25, 0.3) is 0 Å². The Balaban J connectivity index is 5.20. The van der Waals surface area contributed by atoms with Crippen LogP contribution in [0.4, 0.5) is 0 Å². The largest absolute Gasteiger partial charge is 0.472 e. The average molecular weight is 1270 g/mol. The van der Waals surface area contributed by atoms with Gasteiger partial charge in [-0.25, -0.2) is 9.13 Å². The Bertz CT molecular complexity index is 1700. The van der Waals surface area contributed by atoms with E-state index in [4.69, 9.17) is 37.0 Å². The minimum Gasteiger partial charge on any atom is -0.462 e. The molecule has 0 rings (SSSR count). The summed E-state index contributed by atoms with van der Waals surface area (Å²) in [6.07, 6.45) is 40.6. The summed E-state index contributed by atoms with van der Waals surface area (Å²) in [5.41, 5.74) is 0. The van der Waals surface area contributed by atoms with Gasteiger partial charge in [-0.2, -0.15) is 0 Å². The first-order valence-corrected chi connectivity index (χ1v) is 37.8. The molecule has 0 aliphatic rings. The van der Waals surface area contributed by atoms with E-state index in [-0.39, 0.29) is 25.7 Å². The second-order valence-corrected chi connectivity index (χ2v) is 28.5. The quantitative estimate of drug-likeness (QED) is 0.0222.